The number of urea groups is 1. The van der Waals surface area contributed by atoms with Gasteiger partial charge >= 0.3 is 18.0 Å². The van der Waals surface area contributed by atoms with Crippen molar-refractivity contribution in [3.63, 3.8) is 0 Å². The molecule has 1 aromatic rings. The number of carbonyl (C=O) groups excluding carboxylic acids is 4. The molecule has 1 heterocycles. The minimum absolute atomic E-state index is 0.00988. The van der Waals surface area contributed by atoms with Crippen LogP contribution in [0, 0.1) is 0 Å². The highest BCUT2D eigenvalue weighted by molar-refractivity contribution is 5.97. The third-order valence-electron chi connectivity index (χ3n) is 3.61. The molecule has 0 aliphatic carbocycles. The maximum absolute atomic E-state index is 12.0. The van der Waals surface area contributed by atoms with Gasteiger partial charge in [-0.05, 0) is 6.92 Å². The highest BCUT2D eigenvalue weighted by atomic mass is 16.5. The lowest BCUT2D eigenvalue weighted by atomic mass is 10.1. The Morgan fingerprint density at radius 1 is 1.08 bits per heavy atom. The molecule has 0 saturated carbocycles. The molecule has 2 N–H and O–H groups in total. The molecule has 0 fully saturated rings. The van der Waals surface area contributed by atoms with Crippen LogP contribution in [0.15, 0.2) is 41.6 Å². The fourth-order valence-corrected chi connectivity index (χ4v) is 2.28. The van der Waals surface area contributed by atoms with Gasteiger partial charge in [-0.1, -0.05) is 30.3 Å². The minimum Gasteiger partial charge on any atom is -0.463 e. The summed E-state index contributed by atoms with van der Waals surface area (Å²) < 4.78 is 9.98. The lowest BCUT2D eigenvalue weighted by Crippen LogP contribution is -2.45. The average molecular weight is 360 g/mol. The van der Waals surface area contributed by atoms with Crippen LogP contribution in [0.5, 0.6) is 0 Å². The molecular formula is C18H20N2O6. The molecule has 0 atom stereocenters. The Balaban J connectivity index is 1.88. The van der Waals surface area contributed by atoms with Gasteiger partial charge in [0.2, 0.25) is 0 Å². The Morgan fingerprint density at radius 2 is 1.81 bits per heavy atom. The summed E-state index contributed by atoms with van der Waals surface area (Å²) in [6, 6.07) is 8.14. The average Bonchev–Trinajstić information content (AvgIpc) is 2.65. The van der Waals surface area contributed by atoms with Crippen molar-refractivity contribution in [2.24, 2.45) is 0 Å². The second-order valence-electron chi connectivity index (χ2n) is 5.44. The van der Waals surface area contributed by atoms with Crippen LogP contribution in [0.1, 0.15) is 30.1 Å². The summed E-state index contributed by atoms with van der Waals surface area (Å²) in [5, 5.41) is 4.89. The van der Waals surface area contributed by atoms with Crippen molar-refractivity contribution >= 4 is 23.8 Å². The van der Waals surface area contributed by atoms with E-state index in [1.807, 2.05) is 0 Å². The Bertz CT molecular complexity index is 726. The second kappa shape index (κ2) is 9.36. The van der Waals surface area contributed by atoms with Crippen LogP contribution in [-0.4, -0.2) is 43.5 Å². The van der Waals surface area contributed by atoms with Crippen molar-refractivity contribution in [1.82, 2.24) is 10.6 Å². The van der Waals surface area contributed by atoms with Crippen LogP contribution in [0.4, 0.5) is 4.79 Å². The van der Waals surface area contributed by atoms with E-state index in [4.69, 9.17) is 9.47 Å². The van der Waals surface area contributed by atoms with Crippen molar-refractivity contribution in [3.05, 3.63) is 47.2 Å². The SMILES string of the molecule is CCOC(=O)C1=C(COC(=O)CCC(=O)c2ccccc2)NC(=O)NC1. The summed E-state index contributed by atoms with van der Waals surface area (Å²) in [6.45, 7) is 1.56. The van der Waals surface area contributed by atoms with Gasteiger partial charge in [0.25, 0.3) is 0 Å². The normalized spacial score (nSPS) is 13.5. The molecule has 0 radical (unpaired) electrons. The summed E-state index contributed by atoms with van der Waals surface area (Å²) in [5.74, 6) is -1.35. The number of ketones is 1. The third-order valence-corrected chi connectivity index (χ3v) is 3.61. The van der Waals surface area contributed by atoms with E-state index in [0.717, 1.165) is 0 Å². The van der Waals surface area contributed by atoms with E-state index >= 15 is 0 Å². The predicted octanol–water partition coefficient (Wildman–Crippen LogP) is 1.32. The van der Waals surface area contributed by atoms with E-state index < -0.39 is 18.0 Å². The summed E-state index contributed by atoms with van der Waals surface area (Å²) >= 11 is 0. The van der Waals surface area contributed by atoms with E-state index in [-0.39, 0.29) is 49.7 Å². The molecule has 8 nitrogen and oxygen atoms in total. The van der Waals surface area contributed by atoms with Gasteiger partial charge < -0.3 is 20.1 Å². The fraction of sp³-hybridized carbons (Fsp3) is 0.333. The number of esters is 2. The summed E-state index contributed by atoms with van der Waals surface area (Å²) in [5.41, 5.74) is 0.896. The number of benzene rings is 1. The van der Waals surface area contributed by atoms with Crippen molar-refractivity contribution in [1.29, 1.82) is 0 Å². The maximum atomic E-state index is 12.0. The number of hydrogen-bond donors (Lipinski definition) is 2. The van der Waals surface area contributed by atoms with Crippen LogP contribution in [-0.2, 0) is 19.1 Å². The number of hydrogen-bond acceptors (Lipinski definition) is 6. The zero-order chi connectivity index (χ0) is 18.9. The number of amides is 2. The zero-order valence-corrected chi connectivity index (χ0v) is 14.4. The first-order valence-corrected chi connectivity index (χ1v) is 8.19. The van der Waals surface area contributed by atoms with E-state index in [1.54, 1.807) is 37.3 Å². The van der Waals surface area contributed by atoms with E-state index in [0.29, 0.717) is 5.56 Å². The number of carbonyl (C=O) groups is 4. The fourth-order valence-electron chi connectivity index (χ4n) is 2.28. The quantitative estimate of drug-likeness (QED) is 0.534. The first-order valence-electron chi connectivity index (χ1n) is 8.19. The second-order valence-corrected chi connectivity index (χ2v) is 5.44. The Labute approximate surface area is 150 Å². The van der Waals surface area contributed by atoms with Gasteiger partial charge in [-0.2, -0.15) is 0 Å². The van der Waals surface area contributed by atoms with Crippen LogP contribution in [0.2, 0.25) is 0 Å². The highest BCUT2D eigenvalue weighted by Gasteiger charge is 2.24. The Hall–Kier alpha value is -3.16. The Morgan fingerprint density at radius 3 is 2.50 bits per heavy atom. The number of rotatable bonds is 8. The van der Waals surface area contributed by atoms with Gasteiger partial charge in [0.15, 0.2) is 5.78 Å². The minimum atomic E-state index is -0.599. The lowest BCUT2D eigenvalue weighted by molar-refractivity contribution is -0.143. The van der Waals surface area contributed by atoms with Crippen molar-refractivity contribution < 1.29 is 28.7 Å². The largest absolute Gasteiger partial charge is 0.463 e. The molecule has 138 valence electrons. The topological polar surface area (TPSA) is 111 Å². The van der Waals surface area contributed by atoms with Crippen LogP contribution in [0.25, 0.3) is 0 Å². The number of Topliss-reactive ketones (excluding diaryl/α,β-unsaturated/α-hetero) is 1. The molecule has 8 heteroatoms. The molecule has 0 aromatic heterocycles. The predicted molar refractivity (Wildman–Crippen MR) is 91.2 cm³/mol. The molecule has 0 unspecified atom stereocenters. The zero-order valence-electron chi connectivity index (χ0n) is 14.4. The van der Waals surface area contributed by atoms with Crippen LogP contribution < -0.4 is 10.6 Å². The van der Waals surface area contributed by atoms with Gasteiger partial charge in [-0.25, -0.2) is 9.59 Å². The molecule has 26 heavy (non-hydrogen) atoms. The molecule has 1 aromatic carbocycles. The number of nitrogens with one attached hydrogen (secondary N) is 2. The van der Waals surface area contributed by atoms with Crippen molar-refractivity contribution in [3.8, 4) is 0 Å². The third kappa shape index (κ3) is 5.44. The molecule has 0 bridgehead atoms. The monoisotopic (exact) mass is 360 g/mol. The highest BCUT2D eigenvalue weighted by Crippen LogP contribution is 2.10. The first-order chi connectivity index (χ1) is 12.5. The van der Waals surface area contributed by atoms with Crippen LogP contribution in [0.3, 0.4) is 0 Å². The molecule has 0 saturated heterocycles. The molecule has 1 aliphatic rings. The smallest absolute Gasteiger partial charge is 0.337 e. The lowest BCUT2D eigenvalue weighted by Gasteiger charge is -2.21. The van der Waals surface area contributed by atoms with E-state index in [1.165, 1.54) is 0 Å². The number of ether oxygens (including phenoxy) is 2. The van der Waals surface area contributed by atoms with Gasteiger partial charge in [-0.15, -0.1) is 0 Å². The van der Waals surface area contributed by atoms with E-state index in [9.17, 15) is 19.2 Å². The van der Waals surface area contributed by atoms with Crippen LogP contribution >= 0.6 is 0 Å². The molecule has 2 amide bonds. The standard InChI is InChI=1S/C18H20N2O6/c1-2-25-17(23)13-10-19-18(24)20-14(13)11-26-16(22)9-8-15(21)12-6-4-3-5-7-12/h3-7H,2,8-11H2,1H3,(H2,19,20,24). The first kappa shape index (κ1) is 19.2. The molecular weight excluding hydrogens is 340 g/mol. The van der Waals surface area contributed by atoms with Crippen molar-refractivity contribution in [2.45, 2.75) is 19.8 Å². The van der Waals surface area contributed by atoms with E-state index in [2.05, 4.69) is 10.6 Å². The van der Waals surface area contributed by atoms with Gasteiger partial charge in [0, 0.05) is 12.0 Å². The van der Waals surface area contributed by atoms with Gasteiger partial charge in [-0.3, -0.25) is 9.59 Å². The van der Waals surface area contributed by atoms with Gasteiger partial charge in [0.05, 0.1) is 30.8 Å². The molecule has 1 aliphatic heterocycles. The summed E-state index contributed by atoms with van der Waals surface area (Å²) in [6.07, 6.45) is -0.0809. The summed E-state index contributed by atoms with van der Waals surface area (Å²) in [7, 11) is 0. The maximum Gasteiger partial charge on any atom is 0.337 e. The molecule has 0 spiro atoms. The molecule has 2 rings (SSSR count). The van der Waals surface area contributed by atoms with Crippen molar-refractivity contribution in [2.75, 3.05) is 19.8 Å². The Kier molecular flexibility index (Phi) is 6.90. The van der Waals surface area contributed by atoms with Gasteiger partial charge in [0.1, 0.15) is 6.61 Å². The summed E-state index contributed by atoms with van der Waals surface area (Å²) in [4.78, 5) is 47.1.